The number of fused-ring (bicyclic) bond motifs is 6. The lowest BCUT2D eigenvalue weighted by Gasteiger charge is -2.20. The van der Waals surface area contributed by atoms with Crippen molar-refractivity contribution in [3.8, 4) is 51.8 Å². The van der Waals surface area contributed by atoms with Gasteiger partial charge >= 0.3 is 6.18 Å². The van der Waals surface area contributed by atoms with Gasteiger partial charge in [-0.15, -0.1) is 0 Å². The van der Waals surface area contributed by atoms with Gasteiger partial charge in [-0.05, 0) is 131 Å². The van der Waals surface area contributed by atoms with E-state index in [4.69, 9.17) is 13.1 Å². The highest BCUT2D eigenvalue weighted by Crippen LogP contribution is 2.44. The zero-order valence-electron chi connectivity index (χ0n) is 30.9. The molecule has 2 aromatic heterocycles. The monoisotopic (exact) mass is 767 g/mol. The number of aryl methyl sites for hydroxylation is 1. The van der Waals surface area contributed by atoms with Gasteiger partial charge in [0, 0.05) is 21.9 Å². The highest BCUT2D eigenvalue weighted by molar-refractivity contribution is 6.13. The van der Waals surface area contributed by atoms with Crippen molar-refractivity contribution in [2.45, 2.75) is 13.1 Å². The van der Waals surface area contributed by atoms with Gasteiger partial charge in [0.05, 0.1) is 87.0 Å². The molecule has 0 aliphatic rings. The highest BCUT2D eigenvalue weighted by Gasteiger charge is 2.31. The van der Waals surface area contributed by atoms with Gasteiger partial charge in [-0.25, -0.2) is 9.69 Å². The van der Waals surface area contributed by atoms with Crippen LogP contribution in [0.15, 0.2) is 127 Å². The highest BCUT2D eigenvalue weighted by atomic mass is 19.4. The molecule has 0 N–H and O–H groups in total. The van der Waals surface area contributed by atoms with Crippen LogP contribution in [-0.4, -0.2) is 9.13 Å². The van der Waals surface area contributed by atoms with Crippen molar-refractivity contribution in [3.05, 3.63) is 178 Å². The number of nitrogens with zero attached hydrogens (tertiary/aromatic N) is 7. The maximum atomic E-state index is 13.8. The van der Waals surface area contributed by atoms with E-state index in [1.807, 2.05) is 53.1 Å². The molecule has 7 aromatic carbocycles. The summed E-state index contributed by atoms with van der Waals surface area (Å²) >= 11 is 0. The fourth-order valence-corrected chi connectivity index (χ4v) is 8.11. The minimum Gasteiger partial charge on any atom is -0.309 e. The van der Waals surface area contributed by atoms with Gasteiger partial charge in [0.15, 0.2) is 11.4 Å². The minimum absolute atomic E-state index is 0.368. The Morgan fingerprint density at radius 2 is 0.966 bits per heavy atom. The Morgan fingerprint density at radius 1 is 0.492 bits per heavy atom. The molecule has 10 heteroatoms. The van der Waals surface area contributed by atoms with Crippen molar-refractivity contribution in [1.29, 1.82) is 15.8 Å². The van der Waals surface area contributed by atoms with E-state index in [0.717, 1.165) is 55.7 Å². The predicted octanol–water partition coefficient (Wildman–Crippen LogP) is 13.3. The second-order valence-electron chi connectivity index (χ2n) is 14.1. The Labute approximate surface area is 335 Å². The van der Waals surface area contributed by atoms with Gasteiger partial charge < -0.3 is 9.13 Å². The molecular weight excluding hydrogens is 744 g/mol. The van der Waals surface area contributed by atoms with Crippen LogP contribution in [0.4, 0.5) is 24.5 Å². The van der Waals surface area contributed by atoms with Gasteiger partial charge in [0.1, 0.15) is 0 Å². The van der Waals surface area contributed by atoms with E-state index >= 15 is 0 Å². The van der Waals surface area contributed by atoms with Gasteiger partial charge in [0.25, 0.3) is 0 Å². The van der Waals surface area contributed by atoms with Crippen LogP contribution in [0.5, 0.6) is 0 Å². The third kappa shape index (κ3) is 5.79. The Bertz CT molecular complexity index is 3370. The number of halogens is 3. The van der Waals surface area contributed by atoms with E-state index in [1.54, 1.807) is 67.6 Å². The lowest BCUT2D eigenvalue weighted by molar-refractivity contribution is -0.137. The van der Waals surface area contributed by atoms with Crippen molar-refractivity contribution < 1.29 is 13.2 Å². The Morgan fingerprint density at radius 3 is 1.47 bits per heavy atom. The van der Waals surface area contributed by atoms with E-state index in [9.17, 15) is 29.0 Å². The van der Waals surface area contributed by atoms with E-state index in [1.165, 1.54) is 6.07 Å². The molecule has 0 aliphatic carbocycles. The van der Waals surface area contributed by atoms with Gasteiger partial charge in [-0.2, -0.15) is 29.0 Å². The standard InChI is InChI=1S/C49H24F3N7/c1-28-18-33(49(50,51)52)8-12-36(28)32-7-15-45(58-46-16-9-34(56-2)23-41(46)42-24-35(57-3)10-17-47(42)58)40(22-32)37-11-4-31(27-55)21-48(37)59-43-13-5-29(25-53)19-38(43)39-20-30(26-54)6-14-44(39)59/h4-24H,1H3. The SMILES string of the molecule is [C-]#[N+]c1ccc2c(c1)c1cc([N+]#[C-])ccc1n2-c1ccc(-c2ccc(C(F)(F)F)cc2C)cc1-c1ccc(C#N)cc1-n1c2ccc(C#N)cc2c2cc(C#N)ccc21. The minimum atomic E-state index is -4.52. The molecule has 7 nitrogen and oxygen atoms in total. The molecule has 0 fully saturated rings. The van der Waals surface area contributed by atoms with Crippen LogP contribution < -0.4 is 0 Å². The van der Waals surface area contributed by atoms with Crippen molar-refractivity contribution in [3.63, 3.8) is 0 Å². The van der Waals surface area contributed by atoms with Crippen LogP contribution in [0.3, 0.4) is 0 Å². The van der Waals surface area contributed by atoms with E-state index < -0.39 is 11.7 Å². The summed E-state index contributed by atoms with van der Waals surface area (Å²) in [5, 5.41) is 32.9. The van der Waals surface area contributed by atoms with E-state index in [-0.39, 0.29) is 0 Å². The number of hydrogen-bond donors (Lipinski definition) is 0. The number of nitriles is 3. The van der Waals surface area contributed by atoms with Crippen LogP contribution in [0.25, 0.3) is 86.9 Å². The van der Waals surface area contributed by atoms with Crippen molar-refractivity contribution in [1.82, 2.24) is 9.13 Å². The molecule has 0 unspecified atom stereocenters. The number of hydrogen-bond acceptors (Lipinski definition) is 3. The Kier molecular flexibility index (Phi) is 8.27. The summed E-state index contributed by atoms with van der Waals surface area (Å²) in [5.41, 5.74) is 8.60. The summed E-state index contributed by atoms with van der Waals surface area (Å²) < 4.78 is 45.5. The van der Waals surface area contributed by atoms with Crippen LogP contribution >= 0.6 is 0 Å². The largest absolute Gasteiger partial charge is 0.416 e. The normalized spacial score (nSPS) is 11.3. The van der Waals surface area contributed by atoms with Crippen molar-refractivity contribution in [2.75, 3.05) is 0 Å². The van der Waals surface area contributed by atoms with Crippen LogP contribution in [0, 0.1) is 54.1 Å². The molecule has 0 aliphatic heterocycles. The summed E-state index contributed by atoms with van der Waals surface area (Å²) in [6, 6.07) is 42.8. The molecule has 0 bridgehead atoms. The lowest BCUT2D eigenvalue weighted by Crippen LogP contribution is -2.05. The average Bonchev–Trinajstić information content (AvgIpc) is 3.76. The average molecular weight is 768 g/mol. The molecule has 0 saturated heterocycles. The van der Waals surface area contributed by atoms with Gasteiger partial charge in [0.2, 0.25) is 0 Å². The molecule has 0 saturated carbocycles. The van der Waals surface area contributed by atoms with Gasteiger partial charge in [-0.3, -0.25) is 0 Å². The summed E-state index contributed by atoms with van der Waals surface area (Å²) in [6.45, 7) is 17.1. The van der Waals surface area contributed by atoms with Crippen LogP contribution in [0.2, 0.25) is 0 Å². The maximum absolute atomic E-state index is 13.8. The fourth-order valence-electron chi connectivity index (χ4n) is 8.11. The molecule has 0 atom stereocenters. The lowest BCUT2D eigenvalue weighted by atomic mass is 9.92. The quantitative estimate of drug-likeness (QED) is 0.167. The molecule has 0 amide bonds. The molecule has 59 heavy (non-hydrogen) atoms. The maximum Gasteiger partial charge on any atom is 0.416 e. The third-order valence-corrected chi connectivity index (χ3v) is 10.8. The first-order valence-electron chi connectivity index (χ1n) is 18.1. The summed E-state index contributed by atoms with van der Waals surface area (Å²) in [7, 11) is 0. The van der Waals surface area contributed by atoms with Crippen LogP contribution in [0.1, 0.15) is 27.8 Å². The molecule has 2 heterocycles. The molecule has 9 aromatic rings. The molecule has 276 valence electrons. The van der Waals surface area contributed by atoms with Crippen molar-refractivity contribution in [2.24, 2.45) is 0 Å². The smallest absolute Gasteiger partial charge is 0.309 e. The third-order valence-electron chi connectivity index (χ3n) is 10.8. The van der Waals surface area contributed by atoms with Crippen LogP contribution in [-0.2, 0) is 6.18 Å². The summed E-state index contributed by atoms with van der Waals surface area (Å²) in [4.78, 5) is 7.33. The number of alkyl halides is 3. The Hall–Kier alpha value is -8.62. The molecular formula is C49H24F3N7. The second kappa shape index (κ2) is 13.5. The Balaban J connectivity index is 1.42. The second-order valence-corrected chi connectivity index (χ2v) is 14.1. The summed E-state index contributed by atoms with van der Waals surface area (Å²) in [6.07, 6.45) is -4.52. The first-order valence-corrected chi connectivity index (χ1v) is 18.1. The zero-order valence-corrected chi connectivity index (χ0v) is 30.9. The van der Waals surface area contributed by atoms with E-state index in [0.29, 0.717) is 67.3 Å². The molecule has 9 rings (SSSR count). The fraction of sp³-hybridized carbons (Fsp3) is 0.0408. The predicted molar refractivity (Wildman–Crippen MR) is 222 cm³/mol. The van der Waals surface area contributed by atoms with E-state index in [2.05, 4.69) is 32.5 Å². The molecule has 0 spiro atoms. The first kappa shape index (κ1) is 36.0. The number of aromatic nitrogens is 2. The zero-order chi connectivity index (χ0) is 41.2. The summed E-state index contributed by atoms with van der Waals surface area (Å²) in [5.74, 6) is 0. The first-order chi connectivity index (χ1) is 28.5. The molecule has 0 radical (unpaired) electrons. The van der Waals surface area contributed by atoms with Gasteiger partial charge in [-0.1, -0.05) is 30.3 Å². The van der Waals surface area contributed by atoms with Crippen molar-refractivity contribution >= 4 is 55.0 Å². The number of rotatable bonds is 4. The number of benzene rings is 7. The topological polar surface area (TPSA) is 89.9 Å².